The zero-order valence-electron chi connectivity index (χ0n) is 19.9. The molecular formula is C29H30ClF2NO2. The van der Waals surface area contributed by atoms with Gasteiger partial charge in [0.25, 0.3) is 0 Å². The molecule has 0 N–H and O–H groups in total. The number of nitrogens with zero attached hydrogens (tertiary/aromatic N) is 1. The summed E-state index contributed by atoms with van der Waals surface area (Å²) in [5, 5.41) is 0.654. The van der Waals surface area contributed by atoms with E-state index < -0.39 is 5.60 Å². The highest BCUT2D eigenvalue weighted by Crippen LogP contribution is 2.38. The van der Waals surface area contributed by atoms with Gasteiger partial charge in [-0.05, 0) is 72.5 Å². The van der Waals surface area contributed by atoms with Gasteiger partial charge in [-0.15, -0.1) is 0 Å². The Bertz CT molecular complexity index is 1060. The van der Waals surface area contributed by atoms with E-state index in [9.17, 15) is 13.6 Å². The number of hydrogen-bond donors (Lipinski definition) is 0. The molecule has 184 valence electrons. The Kier molecular flexibility index (Phi) is 8.19. The molecule has 1 saturated heterocycles. The van der Waals surface area contributed by atoms with E-state index in [1.807, 2.05) is 48.5 Å². The molecule has 0 unspecified atom stereocenters. The Balaban J connectivity index is 1.40. The maximum absolute atomic E-state index is 13.5. The molecule has 0 amide bonds. The minimum absolute atomic E-state index is 0.0650. The second-order valence-electron chi connectivity index (χ2n) is 9.23. The van der Waals surface area contributed by atoms with Gasteiger partial charge in [0.15, 0.2) is 0 Å². The van der Waals surface area contributed by atoms with Gasteiger partial charge in [0.05, 0.1) is 0 Å². The van der Waals surface area contributed by atoms with Gasteiger partial charge in [-0.3, -0.25) is 4.79 Å². The standard InChI is InChI=1S/C29H30ClF2NO2/c1-21(34)35-29(24-8-10-25(30)11-9-24)16-19-33(20-17-29)18-2-3-28(22-4-12-26(31)13-5-22)23-6-14-27(32)15-7-23/h4-15,28H,2-3,16-20H2,1H3. The van der Waals surface area contributed by atoms with Crippen molar-refractivity contribution in [3.05, 3.63) is 106 Å². The molecular weight excluding hydrogens is 468 g/mol. The molecule has 35 heavy (non-hydrogen) atoms. The quantitative estimate of drug-likeness (QED) is 0.311. The van der Waals surface area contributed by atoms with Crippen LogP contribution < -0.4 is 0 Å². The average molecular weight is 498 g/mol. The molecule has 4 rings (SSSR count). The molecule has 0 aromatic heterocycles. The van der Waals surface area contributed by atoms with E-state index in [1.165, 1.54) is 31.2 Å². The van der Waals surface area contributed by atoms with Crippen molar-refractivity contribution < 1.29 is 18.3 Å². The lowest BCUT2D eigenvalue weighted by Gasteiger charge is -2.41. The molecule has 3 nitrogen and oxygen atoms in total. The summed E-state index contributed by atoms with van der Waals surface area (Å²) in [6.07, 6.45) is 3.22. The van der Waals surface area contributed by atoms with Crippen molar-refractivity contribution in [2.45, 2.75) is 44.1 Å². The van der Waals surface area contributed by atoms with Crippen LogP contribution in [-0.2, 0) is 15.1 Å². The Hall–Kier alpha value is -2.76. The van der Waals surface area contributed by atoms with E-state index in [2.05, 4.69) is 4.90 Å². The molecule has 0 radical (unpaired) electrons. The van der Waals surface area contributed by atoms with Crippen LogP contribution in [0.3, 0.4) is 0 Å². The maximum atomic E-state index is 13.5. The number of halogens is 3. The molecule has 0 aliphatic carbocycles. The fourth-order valence-corrected chi connectivity index (χ4v) is 5.18. The summed E-state index contributed by atoms with van der Waals surface area (Å²) < 4.78 is 32.8. The third kappa shape index (κ3) is 6.47. The third-order valence-electron chi connectivity index (χ3n) is 6.89. The third-order valence-corrected chi connectivity index (χ3v) is 7.14. The SMILES string of the molecule is CC(=O)OC1(c2ccc(Cl)cc2)CCN(CCCC(c2ccc(F)cc2)c2ccc(F)cc2)CC1. The fraction of sp³-hybridized carbons (Fsp3) is 0.345. The second kappa shape index (κ2) is 11.3. The monoisotopic (exact) mass is 497 g/mol. The minimum atomic E-state index is -0.627. The molecule has 1 fully saturated rings. The number of carbonyl (C=O) groups is 1. The van der Waals surface area contributed by atoms with Crippen LogP contribution in [0.25, 0.3) is 0 Å². The highest BCUT2D eigenvalue weighted by Gasteiger charge is 2.39. The largest absolute Gasteiger partial charge is 0.454 e. The van der Waals surface area contributed by atoms with Gasteiger partial charge in [-0.25, -0.2) is 8.78 Å². The number of piperidine rings is 1. The van der Waals surface area contributed by atoms with Crippen molar-refractivity contribution in [3.8, 4) is 0 Å². The van der Waals surface area contributed by atoms with Crippen molar-refractivity contribution in [1.29, 1.82) is 0 Å². The zero-order valence-corrected chi connectivity index (χ0v) is 20.6. The van der Waals surface area contributed by atoms with Gasteiger partial charge in [0.1, 0.15) is 17.2 Å². The van der Waals surface area contributed by atoms with E-state index >= 15 is 0 Å². The predicted octanol–water partition coefficient (Wildman–Crippen LogP) is 7.08. The van der Waals surface area contributed by atoms with Crippen LogP contribution in [-0.4, -0.2) is 30.5 Å². The second-order valence-corrected chi connectivity index (χ2v) is 9.67. The maximum Gasteiger partial charge on any atom is 0.303 e. The summed E-state index contributed by atoms with van der Waals surface area (Å²) in [6.45, 7) is 3.98. The number of ether oxygens (including phenoxy) is 1. The summed E-state index contributed by atoms with van der Waals surface area (Å²) in [7, 11) is 0. The number of hydrogen-bond acceptors (Lipinski definition) is 3. The number of likely N-dealkylation sites (tertiary alicyclic amines) is 1. The number of rotatable bonds is 8. The first-order chi connectivity index (χ1) is 16.8. The van der Waals surface area contributed by atoms with Crippen LogP contribution in [0.5, 0.6) is 0 Å². The zero-order chi connectivity index (χ0) is 24.8. The first-order valence-corrected chi connectivity index (χ1v) is 12.4. The summed E-state index contributed by atoms with van der Waals surface area (Å²) in [5.74, 6) is -0.751. The molecule has 1 aliphatic heterocycles. The molecule has 3 aromatic rings. The molecule has 0 saturated carbocycles. The van der Waals surface area contributed by atoms with Gasteiger partial charge in [-0.1, -0.05) is 48.0 Å². The smallest absolute Gasteiger partial charge is 0.303 e. The summed E-state index contributed by atoms with van der Waals surface area (Å²) in [5.41, 5.74) is 2.39. The van der Waals surface area contributed by atoms with Gasteiger partial charge in [-0.2, -0.15) is 0 Å². The Morgan fingerprint density at radius 3 is 1.91 bits per heavy atom. The molecule has 1 aliphatic rings. The average Bonchev–Trinajstić information content (AvgIpc) is 2.84. The van der Waals surface area contributed by atoms with Crippen LogP contribution in [0.1, 0.15) is 55.2 Å². The lowest BCUT2D eigenvalue weighted by molar-refractivity contribution is -0.164. The van der Waals surface area contributed by atoms with Gasteiger partial charge in [0.2, 0.25) is 0 Å². The van der Waals surface area contributed by atoms with Crippen LogP contribution in [0.15, 0.2) is 72.8 Å². The van der Waals surface area contributed by atoms with E-state index in [-0.39, 0.29) is 23.5 Å². The number of benzene rings is 3. The summed E-state index contributed by atoms with van der Waals surface area (Å²) in [6, 6.07) is 20.7. The molecule has 0 spiro atoms. The van der Waals surface area contributed by atoms with Crippen molar-refractivity contribution in [3.63, 3.8) is 0 Å². The van der Waals surface area contributed by atoms with Crippen LogP contribution in [0, 0.1) is 11.6 Å². The minimum Gasteiger partial charge on any atom is -0.454 e. The van der Waals surface area contributed by atoms with Crippen molar-refractivity contribution in [2.24, 2.45) is 0 Å². The van der Waals surface area contributed by atoms with Crippen LogP contribution >= 0.6 is 11.6 Å². The molecule has 0 atom stereocenters. The Morgan fingerprint density at radius 1 is 0.914 bits per heavy atom. The molecule has 3 aromatic carbocycles. The number of carbonyl (C=O) groups excluding carboxylic acids is 1. The highest BCUT2D eigenvalue weighted by atomic mass is 35.5. The normalized spacial score (nSPS) is 15.8. The molecule has 1 heterocycles. The fourth-order valence-electron chi connectivity index (χ4n) is 5.05. The first kappa shape index (κ1) is 25.3. The van der Waals surface area contributed by atoms with Gasteiger partial charge >= 0.3 is 5.97 Å². The van der Waals surface area contributed by atoms with Gasteiger partial charge in [0, 0.05) is 43.8 Å². The van der Waals surface area contributed by atoms with E-state index in [0.29, 0.717) is 17.9 Å². The van der Waals surface area contributed by atoms with Crippen LogP contribution in [0.2, 0.25) is 5.02 Å². The van der Waals surface area contributed by atoms with Crippen molar-refractivity contribution in [2.75, 3.05) is 19.6 Å². The highest BCUT2D eigenvalue weighted by molar-refractivity contribution is 6.30. The van der Waals surface area contributed by atoms with Crippen molar-refractivity contribution in [1.82, 2.24) is 4.90 Å². The van der Waals surface area contributed by atoms with Crippen LogP contribution in [0.4, 0.5) is 8.78 Å². The molecule has 0 bridgehead atoms. The summed E-state index contributed by atoms with van der Waals surface area (Å²) in [4.78, 5) is 14.3. The predicted molar refractivity (Wildman–Crippen MR) is 134 cm³/mol. The van der Waals surface area contributed by atoms with Gasteiger partial charge < -0.3 is 9.64 Å². The van der Waals surface area contributed by atoms with E-state index in [4.69, 9.17) is 16.3 Å². The Labute approximate surface area is 210 Å². The lowest BCUT2D eigenvalue weighted by atomic mass is 9.83. The summed E-state index contributed by atoms with van der Waals surface area (Å²) >= 11 is 6.06. The van der Waals surface area contributed by atoms with E-state index in [0.717, 1.165) is 49.2 Å². The lowest BCUT2D eigenvalue weighted by Crippen LogP contribution is -2.45. The van der Waals surface area contributed by atoms with Crippen molar-refractivity contribution >= 4 is 17.6 Å². The van der Waals surface area contributed by atoms with E-state index in [1.54, 1.807) is 0 Å². The first-order valence-electron chi connectivity index (χ1n) is 12.0. The topological polar surface area (TPSA) is 29.5 Å². The number of esters is 1. The molecule has 6 heteroatoms. The Morgan fingerprint density at radius 2 is 1.43 bits per heavy atom.